The standard InChI is InChI=1S/C14H23NO2/c1-4-16-14(17-5-2)11-15-10-13-8-6-12(3)7-9-13/h6-9,14-15H,4-5,10-11H2,1-3H3. The molecule has 1 aromatic rings. The first-order chi connectivity index (χ1) is 8.26. The lowest BCUT2D eigenvalue weighted by atomic mass is 10.1. The predicted molar refractivity (Wildman–Crippen MR) is 69.9 cm³/mol. The van der Waals surface area contributed by atoms with E-state index in [2.05, 4.69) is 36.5 Å². The van der Waals surface area contributed by atoms with Crippen molar-refractivity contribution in [2.24, 2.45) is 0 Å². The lowest BCUT2D eigenvalue weighted by Crippen LogP contribution is -2.31. The van der Waals surface area contributed by atoms with Gasteiger partial charge in [0.2, 0.25) is 0 Å². The molecule has 0 amide bonds. The number of hydrogen-bond donors (Lipinski definition) is 1. The summed E-state index contributed by atoms with van der Waals surface area (Å²) in [5.41, 5.74) is 2.57. The van der Waals surface area contributed by atoms with Gasteiger partial charge in [-0.05, 0) is 26.3 Å². The van der Waals surface area contributed by atoms with Crippen LogP contribution in [0.15, 0.2) is 24.3 Å². The highest BCUT2D eigenvalue weighted by Crippen LogP contribution is 2.02. The number of aryl methyl sites for hydroxylation is 1. The summed E-state index contributed by atoms with van der Waals surface area (Å²) >= 11 is 0. The van der Waals surface area contributed by atoms with E-state index in [4.69, 9.17) is 9.47 Å². The zero-order chi connectivity index (χ0) is 12.5. The highest BCUT2D eigenvalue weighted by atomic mass is 16.7. The largest absolute Gasteiger partial charge is 0.352 e. The van der Waals surface area contributed by atoms with Gasteiger partial charge in [-0.3, -0.25) is 0 Å². The molecule has 0 saturated heterocycles. The van der Waals surface area contributed by atoms with Gasteiger partial charge in [-0.15, -0.1) is 0 Å². The monoisotopic (exact) mass is 237 g/mol. The Hall–Kier alpha value is -0.900. The first-order valence-corrected chi connectivity index (χ1v) is 6.25. The maximum Gasteiger partial charge on any atom is 0.169 e. The minimum absolute atomic E-state index is 0.143. The molecular formula is C14H23NO2. The number of nitrogens with one attached hydrogen (secondary N) is 1. The van der Waals surface area contributed by atoms with Crippen molar-refractivity contribution < 1.29 is 9.47 Å². The van der Waals surface area contributed by atoms with Gasteiger partial charge in [0, 0.05) is 26.3 Å². The molecule has 1 N–H and O–H groups in total. The van der Waals surface area contributed by atoms with E-state index >= 15 is 0 Å². The normalized spacial score (nSPS) is 11.1. The third-order valence-electron chi connectivity index (χ3n) is 2.47. The second-order valence-corrected chi connectivity index (χ2v) is 3.96. The molecule has 0 saturated carbocycles. The van der Waals surface area contributed by atoms with E-state index in [1.807, 2.05) is 13.8 Å². The van der Waals surface area contributed by atoms with Gasteiger partial charge < -0.3 is 14.8 Å². The van der Waals surface area contributed by atoms with Crippen LogP contribution in [0.4, 0.5) is 0 Å². The summed E-state index contributed by atoms with van der Waals surface area (Å²) in [6, 6.07) is 8.52. The minimum atomic E-state index is -0.143. The van der Waals surface area contributed by atoms with Crippen LogP contribution >= 0.6 is 0 Å². The van der Waals surface area contributed by atoms with Crippen molar-refractivity contribution in [3.63, 3.8) is 0 Å². The summed E-state index contributed by atoms with van der Waals surface area (Å²) in [6.45, 7) is 8.97. The van der Waals surface area contributed by atoms with Crippen LogP contribution in [0.25, 0.3) is 0 Å². The molecule has 0 fully saturated rings. The fourth-order valence-corrected chi connectivity index (χ4v) is 1.58. The molecule has 96 valence electrons. The van der Waals surface area contributed by atoms with Gasteiger partial charge in [-0.25, -0.2) is 0 Å². The van der Waals surface area contributed by atoms with Crippen molar-refractivity contribution in [2.45, 2.75) is 33.6 Å². The van der Waals surface area contributed by atoms with Crippen LogP contribution in [0, 0.1) is 6.92 Å². The Kier molecular flexibility index (Phi) is 6.86. The second-order valence-electron chi connectivity index (χ2n) is 3.96. The molecule has 0 unspecified atom stereocenters. The fourth-order valence-electron chi connectivity index (χ4n) is 1.58. The van der Waals surface area contributed by atoms with E-state index in [0.29, 0.717) is 13.2 Å². The molecule has 0 spiro atoms. The molecule has 0 aliphatic heterocycles. The summed E-state index contributed by atoms with van der Waals surface area (Å²) in [5, 5.41) is 3.34. The van der Waals surface area contributed by atoms with E-state index in [0.717, 1.165) is 13.1 Å². The summed E-state index contributed by atoms with van der Waals surface area (Å²) < 4.78 is 10.9. The van der Waals surface area contributed by atoms with E-state index in [1.54, 1.807) is 0 Å². The summed E-state index contributed by atoms with van der Waals surface area (Å²) in [5.74, 6) is 0. The lowest BCUT2D eigenvalue weighted by molar-refractivity contribution is -0.133. The topological polar surface area (TPSA) is 30.5 Å². The van der Waals surface area contributed by atoms with Gasteiger partial charge in [0.1, 0.15) is 0 Å². The van der Waals surface area contributed by atoms with Crippen LogP contribution < -0.4 is 5.32 Å². The van der Waals surface area contributed by atoms with Gasteiger partial charge in [-0.1, -0.05) is 29.8 Å². The number of hydrogen-bond acceptors (Lipinski definition) is 3. The summed E-state index contributed by atoms with van der Waals surface area (Å²) in [7, 11) is 0. The molecule has 0 aliphatic carbocycles. The molecule has 0 atom stereocenters. The maximum absolute atomic E-state index is 5.45. The Balaban J connectivity index is 2.27. The van der Waals surface area contributed by atoms with E-state index in [9.17, 15) is 0 Å². The van der Waals surface area contributed by atoms with Gasteiger partial charge in [0.25, 0.3) is 0 Å². The highest BCUT2D eigenvalue weighted by molar-refractivity contribution is 5.20. The molecule has 1 aromatic carbocycles. The predicted octanol–water partition coefficient (Wildman–Crippen LogP) is 2.48. The lowest BCUT2D eigenvalue weighted by Gasteiger charge is -2.17. The van der Waals surface area contributed by atoms with Crippen LogP contribution in [0.1, 0.15) is 25.0 Å². The average molecular weight is 237 g/mol. The number of benzene rings is 1. The van der Waals surface area contributed by atoms with E-state index in [-0.39, 0.29) is 6.29 Å². The van der Waals surface area contributed by atoms with E-state index < -0.39 is 0 Å². The molecular weight excluding hydrogens is 214 g/mol. The SMILES string of the molecule is CCOC(CNCc1ccc(C)cc1)OCC. The molecule has 1 rings (SSSR count). The molecule has 0 radical (unpaired) electrons. The number of ether oxygens (including phenoxy) is 2. The molecule has 0 heterocycles. The van der Waals surface area contributed by atoms with Crippen LogP contribution in [0.2, 0.25) is 0 Å². The zero-order valence-corrected chi connectivity index (χ0v) is 11.0. The second kappa shape index (κ2) is 8.23. The Morgan fingerprint density at radius 1 is 1.06 bits per heavy atom. The third kappa shape index (κ3) is 5.82. The summed E-state index contributed by atoms with van der Waals surface area (Å²) in [4.78, 5) is 0. The smallest absolute Gasteiger partial charge is 0.169 e. The van der Waals surface area contributed by atoms with Gasteiger partial charge >= 0.3 is 0 Å². The first-order valence-electron chi connectivity index (χ1n) is 6.25. The van der Waals surface area contributed by atoms with Crippen LogP contribution in [0.3, 0.4) is 0 Å². The van der Waals surface area contributed by atoms with Gasteiger partial charge in [0.05, 0.1) is 0 Å². The Morgan fingerprint density at radius 2 is 1.65 bits per heavy atom. The molecule has 0 aliphatic rings. The van der Waals surface area contributed by atoms with Crippen molar-refractivity contribution in [3.05, 3.63) is 35.4 Å². The van der Waals surface area contributed by atoms with Crippen molar-refractivity contribution >= 4 is 0 Å². The van der Waals surface area contributed by atoms with E-state index in [1.165, 1.54) is 11.1 Å². The number of rotatable bonds is 8. The third-order valence-corrected chi connectivity index (χ3v) is 2.47. The van der Waals surface area contributed by atoms with Crippen LogP contribution in [-0.2, 0) is 16.0 Å². The fraction of sp³-hybridized carbons (Fsp3) is 0.571. The molecule has 17 heavy (non-hydrogen) atoms. The Labute approximate surface area is 104 Å². The Morgan fingerprint density at radius 3 is 2.18 bits per heavy atom. The summed E-state index contributed by atoms with van der Waals surface area (Å²) in [6.07, 6.45) is -0.143. The zero-order valence-electron chi connectivity index (χ0n) is 11.0. The molecule has 0 bridgehead atoms. The molecule has 3 heteroatoms. The minimum Gasteiger partial charge on any atom is -0.352 e. The quantitative estimate of drug-likeness (QED) is 0.705. The first kappa shape index (κ1) is 14.2. The van der Waals surface area contributed by atoms with Crippen LogP contribution in [0.5, 0.6) is 0 Å². The van der Waals surface area contributed by atoms with Crippen molar-refractivity contribution in [1.29, 1.82) is 0 Å². The van der Waals surface area contributed by atoms with Crippen molar-refractivity contribution in [1.82, 2.24) is 5.32 Å². The molecule has 3 nitrogen and oxygen atoms in total. The maximum atomic E-state index is 5.45. The van der Waals surface area contributed by atoms with Gasteiger partial charge in [-0.2, -0.15) is 0 Å². The Bertz CT molecular complexity index is 292. The average Bonchev–Trinajstić information content (AvgIpc) is 2.32. The van der Waals surface area contributed by atoms with Crippen molar-refractivity contribution in [2.75, 3.05) is 19.8 Å². The van der Waals surface area contributed by atoms with Crippen LogP contribution in [-0.4, -0.2) is 26.0 Å². The van der Waals surface area contributed by atoms with Crippen molar-refractivity contribution in [3.8, 4) is 0 Å². The van der Waals surface area contributed by atoms with Gasteiger partial charge in [0.15, 0.2) is 6.29 Å². The molecule has 0 aromatic heterocycles. The highest BCUT2D eigenvalue weighted by Gasteiger charge is 2.06.